The molecule has 0 aromatic heterocycles. The van der Waals surface area contributed by atoms with Crippen LogP contribution in [0, 0.1) is 11.8 Å². The molecule has 1 saturated carbocycles. The first kappa shape index (κ1) is 28.5. The average molecular weight is 603 g/mol. The molecule has 11 heteroatoms. The van der Waals surface area contributed by atoms with E-state index in [1.807, 2.05) is 18.2 Å². The van der Waals surface area contributed by atoms with Gasteiger partial charge in [-0.3, -0.25) is 4.79 Å². The van der Waals surface area contributed by atoms with Gasteiger partial charge in [0.2, 0.25) is 0 Å². The smallest absolute Gasteiger partial charge is 0.265 e. The molecule has 3 heterocycles. The van der Waals surface area contributed by atoms with E-state index in [-0.39, 0.29) is 29.9 Å². The Hall–Kier alpha value is -2.63. The van der Waals surface area contributed by atoms with Crippen molar-refractivity contribution in [2.24, 2.45) is 11.8 Å². The highest BCUT2D eigenvalue weighted by molar-refractivity contribution is 7.90. The van der Waals surface area contributed by atoms with Crippen molar-refractivity contribution < 1.29 is 32.5 Å². The van der Waals surface area contributed by atoms with Crippen LogP contribution in [0.5, 0.6) is 5.75 Å². The number of nitrogens with one attached hydrogen (secondary N) is 1. The van der Waals surface area contributed by atoms with Gasteiger partial charge in [0.05, 0.1) is 36.4 Å². The lowest BCUT2D eigenvalue weighted by Crippen LogP contribution is -2.51. The number of hydrogen-bond donors (Lipinski definition) is 2. The summed E-state index contributed by atoms with van der Waals surface area (Å²) in [6.45, 7) is 4.79. The second kappa shape index (κ2) is 10.6. The first-order valence-electron chi connectivity index (χ1n) is 14.0. The standard InChI is InChI=1S/C30H35ClN2O7S/c1-29(2)28(35)32-41(36,37)22-7-10-27-25(15-22)33(16-20-5-8-23(20)26(34)4-3-12-39-29)17-30(18-38-27)24-9-6-21(31)14-19(24)11-13-40-30/h3-4,6-7,9-10,14-15,20,23,26,34H,5,8,11-13,16-18H2,1-2H3,(H,32,35)/t20-,23+,26-,30+/m0/s1. The molecule has 2 aromatic rings. The topological polar surface area (TPSA) is 114 Å². The van der Waals surface area contributed by atoms with E-state index in [4.69, 9.17) is 25.8 Å². The molecule has 4 atom stereocenters. The van der Waals surface area contributed by atoms with Gasteiger partial charge in [0.25, 0.3) is 15.9 Å². The Kier molecular flexibility index (Phi) is 7.35. The fraction of sp³-hybridized carbons (Fsp3) is 0.500. The molecule has 9 nitrogen and oxygen atoms in total. The van der Waals surface area contributed by atoms with Gasteiger partial charge in [-0.25, -0.2) is 13.1 Å². The van der Waals surface area contributed by atoms with Gasteiger partial charge in [-0.1, -0.05) is 29.8 Å². The van der Waals surface area contributed by atoms with Crippen molar-refractivity contribution in [1.29, 1.82) is 0 Å². The lowest BCUT2D eigenvalue weighted by molar-refractivity contribution is -0.139. The molecule has 1 amide bonds. The molecule has 41 heavy (non-hydrogen) atoms. The number of rotatable bonds is 0. The number of halogens is 1. The van der Waals surface area contributed by atoms with Crippen molar-refractivity contribution in [3.8, 4) is 5.75 Å². The number of ether oxygens (including phenoxy) is 3. The van der Waals surface area contributed by atoms with Crippen LogP contribution in [0.25, 0.3) is 0 Å². The van der Waals surface area contributed by atoms with E-state index >= 15 is 0 Å². The summed E-state index contributed by atoms with van der Waals surface area (Å²) >= 11 is 6.33. The molecule has 1 fully saturated rings. The number of fused-ring (bicyclic) bond motifs is 4. The third-order valence-corrected chi connectivity index (χ3v) is 10.4. The van der Waals surface area contributed by atoms with Gasteiger partial charge in [-0.15, -0.1) is 0 Å². The third-order valence-electron chi connectivity index (χ3n) is 8.81. The number of hydrogen-bond acceptors (Lipinski definition) is 8. The van der Waals surface area contributed by atoms with Gasteiger partial charge in [0.15, 0.2) is 0 Å². The Morgan fingerprint density at radius 3 is 2.73 bits per heavy atom. The van der Waals surface area contributed by atoms with Crippen LogP contribution in [-0.4, -0.2) is 64.0 Å². The summed E-state index contributed by atoms with van der Waals surface area (Å²) in [5.74, 6) is -0.0658. The van der Waals surface area contributed by atoms with Gasteiger partial charge >= 0.3 is 0 Å². The summed E-state index contributed by atoms with van der Waals surface area (Å²) in [6, 6.07) is 10.4. The van der Waals surface area contributed by atoms with Crippen LogP contribution in [0.15, 0.2) is 53.4 Å². The molecule has 0 radical (unpaired) electrons. The molecule has 2 bridgehead atoms. The highest BCUT2D eigenvalue weighted by atomic mass is 35.5. The lowest BCUT2D eigenvalue weighted by Gasteiger charge is -2.45. The minimum Gasteiger partial charge on any atom is -0.488 e. The molecule has 6 rings (SSSR count). The van der Waals surface area contributed by atoms with Crippen LogP contribution >= 0.6 is 11.6 Å². The summed E-state index contributed by atoms with van der Waals surface area (Å²) in [6.07, 6.45) is 5.26. The number of benzene rings is 2. The molecule has 220 valence electrons. The number of aliphatic hydroxyl groups excluding tert-OH is 1. The molecule has 2 N–H and O–H groups in total. The van der Waals surface area contributed by atoms with E-state index in [0.29, 0.717) is 36.2 Å². The Morgan fingerprint density at radius 2 is 1.95 bits per heavy atom. The minimum absolute atomic E-state index is 0.0318. The van der Waals surface area contributed by atoms with Crippen molar-refractivity contribution in [3.63, 3.8) is 0 Å². The Bertz CT molecular complexity index is 1490. The molecule has 4 aliphatic rings. The fourth-order valence-corrected chi connectivity index (χ4v) is 7.56. The zero-order valence-electron chi connectivity index (χ0n) is 23.1. The maximum atomic E-state index is 13.4. The van der Waals surface area contributed by atoms with Crippen molar-refractivity contribution in [3.05, 3.63) is 64.7 Å². The normalized spacial score (nSPS) is 30.7. The monoisotopic (exact) mass is 602 g/mol. The SMILES string of the molecule is CC1(C)OCC=C[C@H](O)[C@@H]2CC[C@H]2CN2C[C@]3(COc4ccc(cc42)S(=O)(=O)NC1=O)OCCc1cc(Cl)ccc13. The quantitative estimate of drug-likeness (QED) is 0.440. The van der Waals surface area contributed by atoms with E-state index in [9.17, 15) is 18.3 Å². The molecular formula is C30H35ClN2O7S. The molecular weight excluding hydrogens is 568 g/mol. The number of anilines is 1. The van der Waals surface area contributed by atoms with Crippen molar-refractivity contribution >= 4 is 33.2 Å². The molecule has 3 aliphatic heterocycles. The summed E-state index contributed by atoms with van der Waals surface area (Å²) in [5, 5.41) is 11.7. The summed E-state index contributed by atoms with van der Waals surface area (Å²) in [5.41, 5.74) is 0.486. The molecule has 0 unspecified atom stereocenters. The van der Waals surface area contributed by atoms with Crippen LogP contribution in [0.4, 0.5) is 5.69 Å². The third kappa shape index (κ3) is 5.36. The first-order valence-corrected chi connectivity index (χ1v) is 15.8. The first-order chi connectivity index (χ1) is 19.5. The largest absolute Gasteiger partial charge is 0.488 e. The molecule has 1 aliphatic carbocycles. The summed E-state index contributed by atoms with van der Waals surface area (Å²) in [4.78, 5) is 15.0. The van der Waals surface area contributed by atoms with Gasteiger partial charge in [0.1, 0.15) is 23.6 Å². The second-order valence-corrected chi connectivity index (χ2v) is 14.0. The minimum atomic E-state index is -4.21. The van der Waals surface area contributed by atoms with Crippen LogP contribution < -0.4 is 14.4 Å². The van der Waals surface area contributed by atoms with Crippen LogP contribution in [0.1, 0.15) is 37.8 Å². The highest BCUT2D eigenvalue weighted by Gasteiger charge is 2.45. The predicted molar refractivity (Wildman–Crippen MR) is 154 cm³/mol. The predicted octanol–water partition coefficient (Wildman–Crippen LogP) is 3.56. The van der Waals surface area contributed by atoms with Gasteiger partial charge in [-0.2, -0.15) is 0 Å². The Labute approximate surface area is 245 Å². The highest BCUT2D eigenvalue weighted by Crippen LogP contribution is 2.45. The molecule has 2 aromatic carbocycles. The zero-order chi connectivity index (χ0) is 29.0. The summed E-state index contributed by atoms with van der Waals surface area (Å²) in [7, 11) is -4.21. The van der Waals surface area contributed by atoms with E-state index < -0.39 is 33.2 Å². The zero-order valence-corrected chi connectivity index (χ0v) is 24.7. The number of amides is 1. The van der Waals surface area contributed by atoms with Crippen molar-refractivity contribution in [1.82, 2.24) is 4.72 Å². The Balaban J connectivity index is 1.44. The second-order valence-electron chi connectivity index (χ2n) is 11.9. The maximum Gasteiger partial charge on any atom is 0.265 e. The molecule has 1 spiro atoms. The van der Waals surface area contributed by atoms with Crippen molar-refractivity contribution in [2.45, 2.75) is 55.3 Å². The fourth-order valence-electron chi connectivity index (χ4n) is 6.25. The van der Waals surface area contributed by atoms with Crippen LogP contribution in [0.2, 0.25) is 5.02 Å². The lowest BCUT2D eigenvalue weighted by atomic mass is 9.70. The van der Waals surface area contributed by atoms with Gasteiger partial charge < -0.3 is 24.2 Å². The van der Waals surface area contributed by atoms with Gasteiger partial charge in [-0.05, 0) is 86.4 Å². The number of aliphatic hydroxyl groups is 1. The van der Waals surface area contributed by atoms with Crippen molar-refractivity contribution in [2.75, 3.05) is 37.8 Å². The van der Waals surface area contributed by atoms with E-state index in [2.05, 4.69) is 9.62 Å². The number of carbonyl (C=O) groups is 1. The number of carbonyl (C=O) groups excluding carboxylic acids is 1. The Morgan fingerprint density at radius 1 is 1.12 bits per heavy atom. The number of nitrogens with zero attached hydrogens (tertiary/aromatic N) is 1. The summed E-state index contributed by atoms with van der Waals surface area (Å²) < 4.78 is 47.5. The average Bonchev–Trinajstić information content (AvgIpc) is 3.05. The van der Waals surface area contributed by atoms with E-state index in [1.165, 1.54) is 19.9 Å². The van der Waals surface area contributed by atoms with E-state index in [1.54, 1.807) is 24.3 Å². The van der Waals surface area contributed by atoms with Crippen LogP contribution in [0.3, 0.4) is 0 Å². The molecule has 0 saturated heterocycles. The van der Waals surface area contributed by atoms with Crippen LogP contribution in [-0.2, 0) is 36.3 Å². The van der Waals surface area contributed by atoms with E-state index in [0.717, 1.165) is 30.4 Å². The maximum absolute atomic E-state index is 13.4. The van der Waals surface area contributed by atoms with Gasteiger partial charge in [0, 0.05) is 11.6 Å². The number of sulfonamides is 1.